The average molecular weight is 402 g/mol. The minimum atomic E-state index is 0.262. The van der Waals surface area contributed by atoms with Crippen LogP contribution in [-0.4, -0.2) is 39.9 Å². The summed E-state index contributed by atoms with van der Waals surface area (Å²) in [6.07, 6.45) is 4.73. The summed E-state index contributed by atoms with van der Waals surface area (Å²) in [7, 11) is 0. The number of likely N-dealkylation sites (N-methyl/N-ethyl adjacent to an activating group) is 1. The molecule has 0 spiro atoms. The minimum absolute atomic E-state index is 0.262. The number of ketones is 1. The second-order valence-electron chi connectivity index (χ2n) is 8.06. The Bertz CT molecular complexity index is 1250. The Labute approximate surface area is 176 Å². The SMILES string of the molecule is CCN(CC)CCn1c2ccc(-c3ncco3)c(C)c2c2c3c(ccc21)C(=O)CC3. The Kier molecular flexibility index (Phi) is 4.70. The number of oxazole rings is 1. The monoisotopic (exact) mass is 401 g/mol. The molecule has 2 aromatic heterocycles. The van der Waals surface area contributed by atoms with Crippen LogP contribution in [0.25, 0.3) is 33.3 Å². The van der Waals surface area contributed by atoms with E-state index in [1.807, 2.05) is 6.07 Å². The molecule has 1 aliphatic carbocycles. The van der Waals surface area contributed by atoms with Gasteiger partial charge in [0.2, 0.25) is 5.89 Å². The van der Waals surface area contributed by atoms with Gasteiger partial charge in [-0.3, -0.25) is 4.79 Å². The van der Waals surface area contributed by atoms with Crippen molar-refractivity contribution in [2.45, 2.75) is 40.2 Å². The van der Waals surface area contributed by atoms with Gasteiger partial charge in [0, 0.05) is 52.4 Å². The predicted molar refractivity (Wildman–Crippen MR) is 120 cm³/mol. The van der Waals surface area contributed by atoms with Gasteiger partial charge in [-0.1, -0.05) is 13.8 Å². The highest BCUT2D eigenvalue weighted by molar-refractivity contribution is 6.16. The summed E-state index contributed by atoms with van der Waals surface area (Å²) < 4.78 is 8.04. The van der Waals surface area contributed by atoms with Crippen LogP contribution in [0.1, 0.15) is 41.8 Å². The van der Waals surface area contributed by atoms with Gasteiger partial charge in [0.15, 0.2) is 5.78 Å². The maximum absolute atomic E-state index is 12.4. The first kappa shape index (κ1) is 19.1. The number of fused-ring (bicyclic) bond motifs is 5. The van der Waals surface area contributed by atoms with Crippen LogP contribution < -0.4 is 0 Å². The smallest absolute Gasteiger partial charge is 0.226 e. The lowest BCUT2D eigenvalue weighted by Crippen LogP contribution is -2.26. The van der Waals surface area contributed by atoms with Crippen LogP contribution in [0.2, 0.25) is 0 Å². The number of nitrogens with zero attached hydrogens (tertiary/aromatic N) is 3. The van der Waals surface area contributed by atoms with Crippen molar-refractivity contribution in [1.82, 2.24) is 14.5 Å². The van der Waals surface area contributed by atoms with Crippen LogP contribution in [-0.2, 0) is 13.0 Å². The zero-order valence-electron chi connectivity index (χ0n) is 17.9. The molecular weight excluding hydrogens is 374 g/mol. The fraction of sp³-hybridized carbons (Fsp3) is 0.360. The lowest BCUT2D eigenvalue weighted by Gasteiger charge is -2.19. The number of aromatic nitrogens is 2. The van der Waals surface area contributed by atoms with Crippen molar-refractivity contribution in [3.8, 4) is 11.5 Å². The quantitative estimate of drug-likeness (QED) is 0.444. The molecular formula is C25H27N3O2. The summed E-state index contributed by atoms with van der Waals surface area (Å²) in [5, 5.41) is 2.46. The normalized spacial score (nSPS) is 13.8. The average Bonchev–Trinajstić information content (AvgIpc) is 3.48. The standard InChI is InChI=1S/C25H27N3O2/c1-4-27(5-2)13-14-28-20-9-6-17(25-26-12-15-30-25)16(3)23(20)24-19-8-11-22(29)18(19)7-10-21(24)28/h6-7,9-10,12,15H,4-5,8,11,13-14H2,1-3H3. The number of carbonyl (C=O) groups is 1. The van der Waals surface area contributed by atoms with E-state index in [-0.39, 0.29) is 5.78 Å². The number of carbonyl (C=O) groups excluding carboxylic acids is 1. The lowest BCUT2D eigenvalue weighted by molar-refractivity contribution is 0.0994. The van der Waals surface area contributed by atoms with Gasteiger partial charge in [-0.05, 0) is 61.8 Å². The van der Waals surface area contributed by atoms with Crippen LogP contribution in [0.3, 0.4) is 0 Å². The second kappa shape index (κ2) is 7.40. The number of Topliss-reactive ketones (excluding diaryl/α,β-unsaturated/α-hetero) is 1. The van der Waals surface area contributed by atoms with E-state index < -0.39 is 0 Å². The van der Waals surface area contributed by atoms with Gasteiger partial charge >= 0.3 is 0 Å². The molecule has 0 bridgehead atoms. The van der Waals surface area contributed by atoms with Crippen molar-refractivity contribution >= 4 is 27.6 Å². The molecule has 0 unspecified atom stereocenters. The van der Waals surface area contributed by atoms with Gasteiger partial charge in [-0.25, -0.2) is 4.98 Å². The molecule has 30 heavy (non-hydrogen) atoms. The van der Waals surface area contributed by atoms with Crippen molar-refractivity contribution in [2.75, 3.05) is 19.6 Å². The number of hydrogen-bond donors (Lipinski definition) is 0. The molecule has 5 nitrogen and oxygen atoms in total. The highest BCUT2D eigenvalue weighted by atomic mass is 16.3. The molecule has 0 saturated carbocycles. The Morgan fingerprint density at radius 3 is 2.47 bits per heavy atom. The number of hydrogen-bond acceptors (Lipinski definition) is 4. The van der Waals surface area contributed by atoms with E-state index in [0.717, 1.165) is 49.3 Å². The van der Waals surface area contributed by atoms with Gasteiger partial charge in [-0.2, -0.15) is 0 Å². The summed E-state index contributed by atoms with van der Waals surface area (Å²) in [5.74, 6) is 0.902. The van der Waals surface area contributed by atoms with Crippen LogP contribution in [0, 0.1) is 6.92 Å². The highest BCUT2D eigenvalue weighted by Gasteiger charge is 2.26. The molecule has 0 fully saturated rings. The number of aryl methyl sites for hydroxylation is 2. The van der Waals surface area contributed by atoms with E-state index in [4.69, 9.17) is 4.42 Å². The third-order valence-electron chi connectivity index (χ3n) is 6.66. The van der Waals surface area contributed by atoms with Gasteiger partial charge in [0.05, 0.1) is 6.20 Å². The van der Waals surface area contributed by atoms with Crippen molar-refractivity contribution in [1.29, 1.82) is 0 Å². The second-order valence-corrected chi connectivity index (χ2v) is 8.06. The molecule has 4 aromatic rings. The van der Waals surface area contributed by atoms with E-state index in [1.165, 1.54) is 27.4 Å². The first-order chi connectivity index (χ1) is 14.6. The van der Waals surface area contributed by atoms with Crippen molar-refractivity contribution in [3.63, 3.8) is 0 Å². The zero-order chi connectivity index (χ0) is 20.8. The molecule has 5 rings (SSSR count). The maximum atomic E-state index is 12.4. The third kappa shape index (κ3) is 2.80. The van der Waals surface area contributed by atoms with Crippen molar-refractivity contribution < 1.29 is 9.21 Å². The molecule has 5 heteroatoms. The van der Waals surface area contributed by atoms with E-state index in [1.54, 1.807) is 12.5 Å². The van der Waals surface area contributed by atoms with Gasteiger partial charge < -0.3 is 13.9 Å². The van der Waals surface area contributed by atoms with E-state index in [2.05, 4.69) is 53.4 Å². The summed E-state index contributed by atoms with van der Waals surface area (Å²) in [6, 6.07) is 8.48. The van der Waals surface area contributed by atoms with Crippen molar-refractivity contribution in [3.05, 3.63) is 53.4 Å². The first-order valence-corrected chi connectivity index (χ1v) is 10.9. The Morgan fingerprint density at radius 2 is 1.77 bits per heavy atom. The van der Waals surface area contributed by atoms with Crippen LogP contribution in [0.15, 0.2) is 41.1 Å². The minimum Gasteiger partial charge on any atom is -0.445 e. The largest absolute Gasteiger partial charge is 0.445 e. The molecule has 0 amide bonds. The summed E-state index contributed by atoms with van der Waals surface area (Å²) in [5.41, 5.74) is 6.71. The van der Waals surface area contributed by atoms with Crippen LogP contribution in [0.5, 0.6) is 0 Å². The molecule has 0 aliphatic heterocycles. The van der Waals surface area contributed by atoms with Crippen LogP contribution in [0.4, 0.5) is 0 Å². The van der Waals surface area contributed by atoms with Gasteiger partial charge in [0.1, 0.15) is 6.26 Å². The topological polar surface area (TPSA) is 51.3 Å². The molecule has 0 atom stereocenters. The fourth-order valence-corrected chi connectivity index (χ4v) is 5.01. The van der Waals surface area contributed by atoms with E-state index >= 15 is 0 Å². The predicted octanol–water partition coefficient (Wildman–Crippen LogP) is 5.23. The summed E-state index contributed by atoms with van der Waals surface area (Å²) >= 11 is 0. The molecule has 2 aromatic carbocycles. The Balaban J connectivity index is 1.79. The molecule has 0 N–H and O–H groups in total. The molecule has 154 valence electrons. The maximum Gasteiger partial charge on any atom is 0.226 e. The first-order valence-electron chi connectivity index (χ1n) is 10.9. The van der Waals surface area contributed by atoms with E-state index in [9.17, 15) is 4.79 Å². The van der Waals surface area contributed by atoms with Gasteiger partial charge in [-0.15, -0.1) is 0 Å². The third-order valence-corrected chi connectivity index (χ3v) is 6.66. The molecule has 1 aliphatic rings. The summed E-state index contributed by atoms with van der Waals surface area (Å²) in [6.45, 7) is 10.6. The fourth-order valence-electron chi connectivity index (χ4n) is 5.01. The number of benzene rings is 2. The highest BCUT2D eigenvalue weighted by Crippen LogP contribution is 2.40. The zero-order valence-corrected chi connectivity index (χ0v) is 17.9. The lowest BCUT2D eigenvalue weighted by atomic mass is 9.97. The number of rotatable bonds is 6. The Hall–Kier alpha value is -2.92. The van der Waals surface area contributed by atoms with Crippen LogP contribution >= 0.6 is 0 Å². The van der Waals surface area contributed by atoms with E-state index in [0.29, 0.717) is 12.3 Å². The van der Waals surface area contributed by atoms with Gasteiger partial charge in [0.25, 0.3) is 0 Å². The van der Waals surface area contributed by atoms with Crippen molar-refractivity contribution in [2.24, 2.45) is 0 Å². The summed E-state index contributed by atoms with van der Waals surface area (Å²) in [4.78, 5) is 19.3. The Morgan fingerprint density at radius 1 is 1.03 bits per heavy atom. The molecule has 0 saturated heterocycles. The molecule has 2 heterocycles. The molecule has 0 radical (unpaired) electrons.